The van der Waals surface area contributed by atoms with Crippen LogP contribution in [0.1, 0.15) is 0 Å². The van der Waals surface area contributed by atoms with Gasteiger partial charge in [-0.3, -0.25) is 0 Å². The van der Waals surface area contributed by atoms with Gasteiger partial charge in [-0.1, -0.05) is 72.8 Å². The van der Waals surface area contributed by atoms with Gasteiger partial charge in [-0.25, -0.2) is 0 Å². The smallest absolute Gasteiger partial charge is 0.333 e. The fourth-order valence-corrected chi connectivity index (χ4v) is 8.23. The SMILES string of the molecule is c1ccc(N2c3ccccc3B3c4c2csc4-c2cc4c5ccccc5oc4c4c5ccccc5n3c24)cc1. The molecule has 2 aliphatic heterocycles. The van der Waals surface area contributed by atoms with Crippen molar-refractivity contribution in [3.8, 4) is 10.4 Å². The molecule has 8 aromatic rings. The number of thiophene rings is 1. The third kappa shape index (κ3) is 2.36. The molecule has 5 aromatic carbocycles. The second kappa shape index (κ2) is 7.01. The summed E-state index contributed by atoms with van der Waals surface area (Å²) in [5.41, 5.74) is 12.2. The summed E-state index contributed by atoms with van der Waals surface area (Å²) < 4.78 is 9.20. The first-order valence-corrected chi connectivity index (χ1v) is 14.2. The average molecular weight is 514 g/mol. The fraction of sp³-hybridized carbons (Fsp3) is 0. The van der Waals surface area contributed by atoms with Crippen LogP contribution in [-0.4, -0.2) is 11.3 Å². The maximum Gasteiger partial charge on any atom is 0.333 e. The second-order valence-electron chi connectivity index (χ2n) is 10.5. The molecule has 0 aliphatic carbocycles. The number of rotatable bonds is 1. The van der Waals surface area contributed by atoms with Crippen LogP contribution in [0.2, 0.25) is 0 Å². The molecule has 0 amide bonds. The first kappa shape index (κ1) is 20.3. The van der Waals surface area contributed by atoms with Gasteiger partial charge in [0.1, 0.15) is 11.2 Å². The van der Waals surface area contributed by atoms with E-state index >= 15 is 0 Å². The molecule has 180 valence electrons. The van der Waals surface area contributed by atoms with E-state index in [1.54, 1.807) is 0 Å². The highest BCUT2D eigenvalue weighted by atomic mass is 32.1. The lowest BCUT2D eigenvalue weighted by atomic mass is 9.46. The molecule has 39 heavy (non-hydrogen) atoms. The molecule has 5 heterocycles. The van der Waals surface area contributed by atoms with Gasteiger partial charge in [0.15, 0.2) is 0 Å². The topological polar surface area (TPSA) is 21.3 Å². The number of fused-ring (bicyclic) bond motifs is 11. The van der Waals surface area contributed by atoms with Gasteiger partial charge in [0.05, 0.1) is 16.6 Å². The fourth-order valence-electron chi connectivity index (χ4n) is 7.14. The molecule has 3 aromatic heterocycles. The maximum absolute atomic E-state index is 6.61. The van der Waals surface area contributed by atoms with Crippen molar-refractivity contribution in [1.29, 1.82) is 0 Å². The summed E-state index contributed by atoms with van der Waals surface area (Å²) in [6.45, 7) is 0.0918. The van der Waals surface area contributed by atoms with E-state index in [9.17, 15) is 0 Å². The number of nitrogens with zero attached hydrogens (tertiary/aromatic N) is 2. The molecule has 0 spiro atoms. The number of furan rings is 1. The number of para-hydroxylation sites is 4. The average Bonchev–Trinajstić information content (AvgIpc) is 3.69. The Hall–Kier alpha value is -4.74. The number of aromatic nitrogens is 1. The van der Waals surface area contributed by atoms with Crippen LogP contribution < -0.4 is 15.8 Å². The summed E-state index contributed by atoms with van der Waals surface area (Å²) in [6, 6.07) is 39.3. The summed E-state index contributed by atoms with van der Waals surface area (Å²) >= 11 is 1.87. The number of hydrogen-bond acceptors (Lipinski definition) is 3. The first-order valence-electron chi connectivity index (χ1n) is 13.3. The molecule has 5 heteroatoms. The predicted octanol–water partition coefficient (Wildman–Crippen LogP) is 8.17. The molecule has 0 unspecified atom stereocenters. The van der Waals surface area contributed by atoms with E-state index in [2.05, 4.69) is 124 Å². The van der Waals surface area contributed by atoms with Crippen LogP contribution in [0, 0.1) is 0 Å². The molecule has 0 N–H and O–H groups in total. The zero-order valence-corrected chi connectivity index (χ0v) is 21.6. The summed E-state index contributed by atoms with van der Waals surface area (Å²) in [5.74, 6) is 0. The Morgan fingerprint density at radius 1 is 0.692 bits per heavy atom. The lowest BCUT2D eigenvalue weighted by molar-refractivity contribution is 0.673. The Morgan fingerprint density at radius 2 is 1.46 bits per heavy atom. The van der Waals surface area contributed by atoms with Crippen LogP contribution in [0.25, 0.3) is 54.2 Å². The molecule has 0 radical (unpaired) electrons. The molecular weight excluding hydrogens is 495 g/mol. The van der Waals surface area contributed by atoms with Crippen molar-refractivity contribution in [1.82, 2.24) is 4.48 Å². The highest BCUT2D eigenvalue weighted by Gasteiger charge is 2.44. The van der Waals surface area contributed by atoms with E-state index < -0.39 is 0 Å². The van der Waals surface area contributed by atoms with Gasteiger partial charge in [-0.05, 0) is 47.3 Å². The quantitative estimate of drug-likeness (QED) is 0.206. The second-order valence-corrected chi connectivity index (χ2v) is 11.4. The van der Waals surface area contributed by atoms with Gasteiger partial charge in [-0.15, -0.1) is 11.3 Å². The van der Waals surface area contributed by atoms with Gasteiger partial charge in [0, 0.05) is 48.9 Å². The summed E-state index contributed by atoms with van der Waals surface area (Å²) in [4.78, 5) is 3.80. The van der Waals surface area contributed by atoms with Crippen molar-refractivity contribution in [2.45, 2.75) is 0 Å². The van der Waals surface area contributed by atoms with E-state index in [0.29, 0.717) is 0 Å². The minimum atomic E-state index is 0.0918. The Labute approximate surface area is 228 Å². The van der Waals surface area contributed by atoms with Crippen molar-refractivity contribution in [2.24, 2.45) is 0 Å². The number of benzene rings is 5. The van der Waals surface area contributed by atoms with Crippen molar-refractivity contribution >= 4 is 89.9 Å². The van der Waals surface area contributed by atoms with Gasteiger partial charge in [0.25, 0.3) is 0 Å². The normalized spacial score (nSPS) is 13.5. The lowest BCUT2D eigenvalue weighted by Crippen LogP contribution is -2.55. The van der Waals surface area contributed by atoms with Crippen molar-refractivity contribution in [3.63, 3.8) is 0 Å². The van der Waals surface area contributed by atoms with Crippen LogP contribution in [0.3, 0.4) is 0 Å². The number of anilines is 3. The summed E-state index contributed by atoms with van der Waals surface area (Å²) in [6.07, 6.45) is 0. The van der Waals surface area contributed by atoms with Crippen LogP contribution in [0.5, 0.6) is 0 Å². The van der Waals surface area contributed by atoms with E-state index in [1.165, 1.54) is 71.0 Å². The monoisotopic (exact) mass is 514 g/mol. The molecule has 0 atom stereocenters. The minimum Gasteiger partial charge on any atom is -0.455 e. The van der Waals surface area contributed by atoms with Crippen LogP contribution in [-0.2, 0) is 0 Å². The Morgan fingerprint density at radius 3 is 2.38 bits per heavy atom. The van der Waals surface area contributed by atoms with Gasteiger partial charge < -0.3 is 13.8 Å². The lowest BCUT2D eigenvalue weighted by Gasteiger charge is -2.37. The highest BCUT2D eigenvalue weighted by molar-refractivity contribution is 7.17. The van der Waals surface area contributed by atoms with E-state index in [0.717, 1.165) is 11.2 Å². The van der Waals surface area contributed by atoms with Crippen molar-refractivity contribution in [3.05, 3.63) is 115 Å². The van der Waals surface area contributed by atoms with Crippen LogP contribution >= 0.6 is 11.3 Å². The van der Waals surface area contributed by atoms with Gasteiger partial charge >= 0.3 is 6.85 Å². The van der Waals surface area contributed by atoms with Crippen LogP contribution in [0.15, 0.2) is 119 Å². The van der Waals surface area contributed by atoms with Crippen molar-refractivity contribution < 1.29 is 4.42 Å². The third-order valence-electron chi connectivity index (χ3n) is 8.63. The third-order valence-corrected chi connectivity index (χ3v) is 9.64. The van der Waals surface area contributed by atoms with E-state index in [-0.39, 0.29) is 6.85 Å². The molecule has 3 nitrogen and oxygen atoms in total. The largest absolute Gasteiger partial charge is 0.455 e. The Kier molecular flexibility index (Phi) is 3.64. The maximum atomic E-state index is 6.61. The molecule has 10 rings (SSSR count). The van der Waals surface area contributed by atoms with Crippen LogP contribution in [0.4, 0.5) is 17.1 Å². The van der Waals surface area contributed by atoms with Gasteiger partial charge in [-0.2, -0.15) is 0 Å². The predicted molar refractivity (Wildman–Crippen MR) is 165 cm³/mol. The van der Waals surface area contributed by atoms with Crippen molar-refractivity contribution in [2.75, 3.05) is 4.90 Å². The zero-order valence-electron chi connectivity index (χ0n) is 20.8. The first-order chi connectivity index (χ1) is 19.4. The molecule has 0 bridgehead atoms. The molecule has 0 fully saturated rings. The van der Waals surface area contributed by atoms with E-state index in [1.807, 2.05) is 11.3 Å². The zero-order chi connectivity index (χ0) is 25.2. The standard InChI is InChI=1S/C34H19BN2OS/c1-2-10-20(11-3-1)36-27-16-8-6-14-25(27)35-31-28(36)19-39-34(31)24-18-23-21-12-5-9-17-29(21)38-33(23)30-22-13-4-7-15-26(22)37(35)32(24)30/h1-19H. The van der Waals surface area contributed by atoms with Gasteiger partial charge in [0.2, 0.25) is 0 Å². The minimum absolute atomic E-state index is 0.0918. The molecule has 2 aliphatic rings. The summed E-state index contributed by atoms with van der Waals surface area (Å²) in [7, 11) is 0. The molecular formula is C34H19BN2OS. The Bertz CT molecular complexity index is 2310. The number of hydrogen-bond donors (Lipinski definition) is 0. The summed E-state index contributed by atoms with van der Waals surface area (Å²) in [5, 5.41) is 7.19. The highest BCUT2D eigenvalue weighted by Crippen LogP contribution is 2.50. The Balaban J connectivity index is 1.43. The van der Waals surface area contributed by atoms with E-state index in [4.69, 9.17) is 4.42 Å². The molecule has 0 saturated carbocycles. The molecule has 0 saturated heterocycles.